The summed E-state index contributed by atoms with van der Waals surface area (Å²) in [4.78, 5) is 71.0. The Labute approximate surface area is 344 Å². The molecule has 0 bridgehead atoms. The van der Waals surface area contributed by atoms with E-state index in [1.807, 2.05) is 43.3 Å². The lowest BCUT2D eigenvalue weighted by Gasteiger charge is -2.44. The highest BCUT2D eigenvalue weighted by atomic mass is 28.4. The number of rotatable bonds is 15. The maximum atomic E-state index is 14.7. The zero-order valence-electron chi connectivity index (χ0n) is 34.9. The van der Waals surface area contributed by atoms with E-state index >= 15 is 0 Å². The van der Waals surface area contributed by atoms with Crippen LogP contribution < -0.4 is 26.3 Å². The number of fused-ring (bicyclic) bond motifs is 1. The molecule has 0 aromatic heterocycles. The third kappa shape index (κ3) is 9.94. The molecule has 5 atom stereocenters. The highest BCUT2D eigenvalue weighted by molar-refractivity contribution is 6.99. The molecule has 0 spiro atoms. The van der Waals surface area contributed by atoms with Gasteiger partial charge in [0.05, 0.1) is 0 Å². The fraction of sp³-hybridized carbons (Fsp3) is 0.500. The van der Waals surface area contributed by atoms with Crippen molar-refractivity contribution in [1.82, 2.24) is 20.9 Å². The van der Waals surface area contributed by atoms with Crippen molar-refractivity contribution >= 4 is 48.1 Å². The Balaban J connectivity index is 1.27. The number of benzene rings is 3. The number of nitrogens with zero attached hydrogens (tertiary/aromatic N) is 1. The Morgan fingerprint density at radius 1 is 0.862 bits per heavy atom. The van der Waals surface area contributed by atoms with E-state index in [9.17, 15) is 28.4 Å². The molecule has 4 amide bonds. The molecule has 0 unspecified atom stereocenters. The van der Waals surface area contributed by atoms with Crippen molar-refractivity contribution < 1.29 is 32.8 Å². The van der Waals surface area contributed by atoms with Crippen molar-refractivity contribution in [2.45, 2.75) is 141 Å². The summed E-state index contributed by atoms with van der Waals surface area (Å²) in [6, 6.07) is 23.7. The van der Waals surface area contributed by atoms with E-state index in [-0.39, 0.29) is 35.6 Å². The van der Waals surface area contributed by atoms with Gasteiger partial charge < -0.3 is 25.3 Å². The van der Waals surface area contributed by atoms with Gasteiger partial charge in [-0.25, -0.2) is 4.39 Å². The fourth-order valence-corrected chi connectivity index (χ4v) is 13.1. The normalized spacial score (nSPS) is 22.5. The third-order valence-corrected chi connectivity index (χ3v) is 17.0. The summed E-state index contributed by atoms with van der Waals surface area (Å²) < 4.78 is 21.9. The molecule has 12 heteroatoms. The van der Waals surface area contributed by atoms with Gasteiger partial charge in [-0.05, 0) is 72.5 Å². The molecule has 2 heterocycles. The van der Waals surface area contributed by atoms with Gasteiger partial charge in [0.2, 0.25) is 23.6 Å². The largest absolute Gasteiger partial charge is 0.397 e. The van der Waals surface area contributed by atoms with Gasteiger partial charge >= 0.3 is 0 Å². The minimum Gasteiger partial charge on any atom is -0.397 e. The standard InChI is InChI=1S/C46H61FN4O6Si/c1-7-40(57-58(45(3,4)5,33-22-12-9-13-23-33)34-24-14-10-15-25-34)39(52)29-17-11-16-27-36-41(53)50-46(6,8-2)44(56)49-37(31-32-21-18-19-26-35(32)47)43(55)51-30-20-28-38(51)42(54)48-36/h9-10,12-15,18-19,21-26,36-38,40H,7-8,11,16-17,20,27-31H2,1-6H3,(H,48,54)(H,49,56)(H,50,53)/t36-,37-,38+,40+,46-/m0/s1. The van der Waals surface area contributed by atoms with Crippen LogP contribution in [0.5, 0.6) is 0 Å². The maximum Gasteiger partial charge on any atom is 0.262 e. The van der Waals surface area contributed by atoms with E-state index in [1.54, 1.807) is 32.0 Å². The van der Waals surface area contributed by atoms with E-state index in [0.717, 1.165) is 10.4 Å². The number of carbonyl (C=O) groups excluding carboxylic acids is 5. The quantitative estimate of drug-likeness (QED) is 0.137. The number of Topliss-reactive ketones (excluding diaryl/α,β-unsaturated/α-hetero) is 1. The number of carbonyl (C=O) groups is 5. The first-order valence-corrected chi connectivity index (χ1v) is 22.8. The zero-order chi connectivity index (χ0) is 42.1. The van der Waals surface area contributed by atoms with Gasteiger partial charge in [-0.3, -0.25) is 24.0 Å². The van der Waals surface area contributed by atoms with Crippen LogP contribution in [-0.4, -0.2) is 78.9 Å². The van der Waals surface area contributed by atoms with Crippen molar-refractivity contribution in [1.29, 1.82) is 0 Å². The van der Waals surface area contributed by atoms with Gasteiger partial charge in [0.15, 0.2) is 5.78 Å². The first-order chi connectivity index (χ1) is 27.6. The molecule has 2 aliphatic heterocycles. The van der Waals surface area contributed by atoms with E-state index in [1.165, 1.54) is 11.0 Å². The molecule has 2 aliphatic rings. The molecule has 58 heavy (non-hydrogen) atoms. The van der Waals surface area contributed by atoms with Crippen LogP contribution in [0.2, 0.25) is 5.04 Å². The highest BCUT2D eigenvalue weighted by Crippen LogP contribution is 2.38. The molecule has 0 aliphatic carbocycles. The lowest BCUT2D eigenvalue weighted by atomic mass is 9.94. The van der Waals surface area contributed by atoms with Crippen LogP contribution in [0.1, 0.15) is 105 Å². The molecule has 0 saturated carbocycles. The van der Waals surface area contributed by atoms with Gasteiger partial charge in [-0.2, -0.15) is 0 Å². The molecular formula is C46H61FN4O6Si. The predicted molar refractivity (Wildman–Crippen MR) is 226 cm³/mol. The maximum absolute atomic E-state index is 14.7. The summed E-state index contributed by atoms with van der Waals surface area (Å²) in [5.41, 5.74) is -1.15. The lowest BCUT2D eigenvalue weighted by molar-refractivity contribution is -0.144. The molecule has 312 valence electrons. The molecule has 2 fully saturated rings. The Bertz CT molecular complexity index is 1870. The first kappa shape index (κ1) is 44.4. The van der Waals surface area contributed by atoms with Gasteiger partial charge in [0.1, 0.15) is 35.6 Å². The minimum atomic E-state index is -2.94. The fourth-order valence-electron chi connectivity index (χ4n) is 8.37. The average Bonchev–Trinajstić information content (AvgIpc) is 3.71. The van der Waals surface area contributed by atoms with Crippen molar-refractivity contribution in [2.75, 3.05) is 6.54 Å². The van der Waals surface area contributed by atoms with E-state index in [2.05, 4.69) is 61.0 Å². The van der Waals surface area contributed by atoms with E-state index in [0.29, 0.717) is 51.5 Å². The van der Waals surface area contributed by atoms with Crippen molar-refractivity contribution in [3.63, 3.8) is 0 Å². The highest BCUT2D eigenvalue weighted by Gasteiger charge is 2.52. The average molecular weight is 813 g/mol. The Hall–Kier alpha value is -4.68. The topological polar surface area (TPSA) is 134 Å². The number of nitrogens with one attached hydrogen (secondary N) is 3. The molecular weight excluding hydrogens is 752 g/mol. The number of hydrogen-bond donors (Lipinski definition) is 3. The molecule has 10 nitrogen and oxygen atoms in total. The smallest absolute Gasteiger partial charge is 0.262 e. The SMILES string of the molecule is CC[C@@H](O[Si](c1ccccc1)(c1ccccc1)C(C)(C)C)C(=O)CCCCC[C@@H]1NC(=O)[C@H]2CCCN2C(=O)[C@H](Cc2ccccc2F)NC(=O)[C@](C)(CC)NC1=O. The van der Waals surface area contributed by atoms with Gasteiger partial charge in [0.25, 0.3) is 8.32 Å². The summed E-state index contributed by atoms with van der Waals surface area (Å²) in [7, 11) is -2.94. The zero-order valence-corrected chi connectivity index (χ0v) is 35.9. The van der Waals surface area contributed by atoms with E-state index < -0.39 is 67.5 Å². The summed E-state index contributed by atoms with van der Waals surface area (Å²) in [6.07, 6.45) is 3.32. The third-order valence-electron chi connectivity index (χ3n) is 11.9. The number of amides is 4. The van der Waals surface area contributed by atoms with Crippen LogP contribution in [0.3, 0.4) is 0 Å². The van der Waals surface area contributed by atoms with E-state index in [4.69, 9.17) is 4.43 Å². The molecule has 3 aromatic rings. The summed E-state index contributed by atoms with van der Waals surface area (Å²) in [5, 5.41) is 10.5. The molecule has 3 N–H and O–H groups in total. The Morgan fingerprint density at radius 2 is 1.48 bits per heavy atom. The predicted octanol–water partition coefficient (Wildman–Crippen LogP) is 5.50. The second kappa shape index (κ2) is 19.4. The molecule has 0 radical (unpaired) electrons. The second-order valence-electron chi connectivity index (χ2n) is 17.0. The van der Waals surface area contributed by atoms with Gasteiger partial charge in [-0.15, -0.1) is 0 Å². The number of hydrogen-bond acceptors (Lipinski definition) is 6. The molecule has 5 rings (SSSR count). The first-order valence-electron chi connectivity index (χ1n) is 20.9. The van der Waals surface area contributed by atoms with Crippen molar-refractivity contribution in [3.05, 3.63) is 96.3 Å². The van der Waals surface area contributed by atoms with Crippen molar-refractivity contribution in [3.8, 4) is 0 Å². The van der Waals surface area contributed by atoms with Gasteiger partial charge in [0, 0.05) is 19.4 Å². The van der Waals surface area contributed by atoms with Gasteiger partial charge in [-0.1, -0.05) is 126 Å². The summed E-state index contributed by atoms with van der Waals surface area (Å²) >= 11 is 0. The Kier molecular flexibility index (Phi) is 14.8. The molecule has 3 aromatic carbocycles. The van der Waals surface area contributed by atoms with Crippen LogP contribution >= 0.6 is 0 Å². The Morgan fingerprint density at radius 3 is 2.07 bits per heavy atom. The van der Waals surface area contributed by atoms with Crippen LogP contribution in [0, 0.1) is 5.82 Å². The number of halogens is 1. The minimum absolute atomic E-state index is 0.0385. The van der Waals surface area contributed by atoms with Crippen LogP contribution in [0.4, 0.5) is 4.39 Å². The van der Waals surface area contributed by atoms with Crippen molar-refractivity contribution in [2.24, 2.45) is 0 Å². The number of unbranched alkanes of at least 4 members (excludes halogenated alkanes) is 2. The summed E-state index contributed by atoms with van der Waals surface area (Å²) in [6.45, 7) is 12.2. The van der Waals surface area contributed by atoms with Crippen LogP contribution in [-0.2, 0) is 34.8 Å². The molecule has 2 saturated heterocycles. The second-order valence-corrected chi connectivity index (χ2v) is 21.2. The monoisotopic (exact) mass is 812 g/mol. The van der Waals surface area contributed by atoms with Crippen LogP contribution in [0.25, 0.3) is 0 Å². The lowest BCUT2D eigenvalue weighted by Crippen LogP contribution is -2.68. The summed E-state index contributed by atoms with van der Waals surface area (Å²) in [5.74, 6) is -2.44. The van der Waals surface area contributed by atoms with Crippen LogP contribution in [0.15, 0.2) is 84.9 Å². The number of ketones is 1.